The van der Waals surface area contributed by atoms with Gasteiger partial charge in [-0.3, -0.25) is 9.89 Å². The van der Waals surface area contributed by atoms with Gasteiger partial charge in [-0.15, -0.1) is 0 Å². The second-order valence-corrected chi connectivity index (χ2v) is 6.64. The molecule has 128 valence electrons. The van der Waals surface area contributed by atoms with Crippen LogP contribution in [0.15, 0.2) is 36.4 Å². The standard InChI is InChI=1S/C19H26N4O/c1-23(19(24)14-20-13-15-9-10-15)11-5-8-17-12-18(22-21-17)16-6-3-2-4-7-16/h2-4,6-7,12,15,20H,5,8-11,13-14H2,1H3,(H,21,22). The van der Waals surface area contributed by atoms with Crippen LogP contribution in [0.5, 0.6) is 0 Å². The van der Waals surface area contributed by atoms with Crippen LogP contribution in [0.25, 0.3) is 11.3 Å². The minimum absolute atomic E-state index is 0.172. The summed E-state index contributed by atoms with van der Waals surface area (Å²) >= 11 is 0. The average molecular weight is 326 g/mol. The van der Waals surface area contributed by atoms with Gasteiger partial charge in [0.2, 0.25) is 5.91 Å². The molecule has 5 nitrogen and oxygen atoms in total. The lowest BCUT2D eigenvalue weighted by Crippen LogP contribution is -2.36. The van der Waals surface area contributed by atoms with Gasteiger partial charge in [-0.05, 0) is 44.2 Å². The Morgan fingerprint density at radius 3 is 2.88 bits per heavy atom. The molecule has 1 fully saturated rings. The van der Waals surface area contributed by atoms with E-state index in [1.54, 1.807) is 0 Å². The van der Waals surface area contributed by atoms with Gasteiger partial charge in [0.1, 0.15) is 0 Å². The Labute approximate surface area is 143 Å². The number of likely N-dealkylation sites (N-methyl/N-ethyl adjacent to an activating group) is 1. The van der Waals surface area contributed by atoms with Crippen molar-refractivity contribution in [2.75, 3.05) is 26.7 Å². The largest absolute Gasteiger partial charge is 0.345 e. The molecule has 2 aromatic rings. The summed E-state index contributed by atoms with van der Waals surface area (Å²) in [6.45, 7) is 2.20. The average Bonchev–Trinajstić information content (AvgIpc) is 3.31. The molecular formula is C19H26N4O. The number of nitrogens with one attached hydrogen (secondary N) is 2. The number of amides is 1. The lowest BCUT2D eigenvalue weighted by Gasteiger charge is -2.17. The van der Waals surface area contributed by atoms with E-state index in [1.165, 1.54) is 12.8 Å². The first-order chi connectivity index (χ1) is 11.7. The highest BCUT2D eigenvalue weighted by Crippen LogP contribution is 2.27. The number of rotatable bonds is 9. The molecule has 1 heterocycles. The summed E-state index contributed by atoms with van der Waals surface area (Å²) in [5, 5.41) is 10.7. The fourth-order valence-electron chi connectivity index (χ4n) is 2.72. The van der Waals surface area contributed by atoms with Crippen LogP contribution in [0.2, 0.25) is 0 Å². The van der Waals surface area contributed by atoms with Gasteiger partial charge < -0.3 is 10.2 Å². The molecule has 5 heteroatoms. The molecule has 1 aliphatic carbocycles. The van der Waals surface area contributed by atoms with Gasteiger partial charge >= 0.3 is 0 Å². The molecule has 1 aromatic carbocycles. The molecule has 0 atom stereocenters. The molecule has 1 amide bonds. The quantitative estimate of drug-likeness (QED) is 0.744. The summed E-state index contributed by atoms with van der Waals surface area (Å²) in [6.07, 6.45) is 4.45. The molecule has 1 aromatic heterocycles. The monoisotopic (exact) mass is 326 g/mol. The van der Waals surface area contributed by atoms with Crippen molar-refractivity contribution in [1.29, 1.82) is 0 Å². The van der Waals surface area contributed by atoms with Gasteiger partial charge in [0.15, 0.2) is 0 Å². The topological polar surface area (TPSA) is 61.0 Å². The Bertz CT molecular complexity index is 648. The third kappa shape index (κ3) is 4.93. The summed E-state index contributed by atoms with van der Waals surface area (Å²) in [4.78, 5) is 13.8. The normalized spacial score (nSPS) is 13.9. The second-order valence-electron chi connectivity index (χ2n) is 6.64. The first-order valence-electron chi connectivity index (χ1n) is 8.77. The van der Waals surface area contributed by atoms with Gasteiger partial charge in [0.05, 0.1) is 12.2 Å². The van der Waals surface area contributed by atoms with E-state index < -0.39 is 0 Å². The van der Waals surface area contributed by atoms with Crippen LogP contribution in [0.3, 0.4) is 0 Å². The van der Waals surface area contributed by atoms with Crippen LogP contribution in [0.4, 0.5) is 0 Å². The van der Waals surface area contributed by atoms with E-state index in [0.29, 0.717) is 6.54 Å². The van der Waals surface area contributed by atoms with E-state index in [9.17, 15) is 4.79 Å². The van der Waals surface area contributed by atoms with Crippen molar-refractivity contribution in [3.05, 3.63) is 42.1 Å². The van der Waals surface area contributed by atoms with Gasteiger partial charge in [-0.1, -0.05) is 30.3 Å². The van der Waals surface area contributed by atoms with E-state index in [1.807, 2.05) is 30.1 Å². The van der Waals surface area contributed by atoms with Crippen molar-refractivity contribution in [2.24, 2.45) is 5.92 Å². The third-order valence-electron chi connectivity index (χ3n) is 4.47. The fraction of sp³-hybridized carbons (Fsp3) is 0.474. The number of hydrogen-bond donors (Lipinski definition) is 2. The maximum absolute atomic E-state index is 12.0. The Kier molecular flexibility index (Phi) is 5.64. The van der Waals surface area contributed by atoms with Crippen LogP contribution in [-0.2, 0) is 11.2 Å². The number of benzene rings is 1. The number of hydrogen-bond acceptors (Lipinski definition) is 3. The zero-order valence-electron chi connectivity index (χ0n) is 14.3. The molecular weight excluding hydrogens is 300 g/mol. The highest BCUT2D eigenvalue weighted by atomic mass is 16.2. The lowest BCUT2D eigenvalue weighted by molar-refractivity contribution is -0.129. The molecule has 0 saturated heterocycles. The predicted octanol–water partition coefficient (Wildman–Crippen LogP) is 2.47. The Morgan fingerprint density at radius 1 is 1.33 bits per heavy atom. The highest BCUT2D eigenvalue weighted by Gasteiger charge is 2.20. The van der Waals surface area contributed by atoms with Crippen molar-refractivity contribution in [1.82, 2.24) is 20.4 Å². The highest BCUT2D eigenvalue weighted by molar-refractivity contribution is 5.77. The molecule has 24 heavy (non-hydrogen) atoms. The smallest absolute Gasteiger partial charge is 0.236 e. The number of carbonyl (C=O) groups is 1. The Morgan fingerprint density at radius 2 is 2.12 bits per heavy atom. The van der Waals surface area contributed by atoms with E-state index in [0.717, 1.165) is 48.8 Å². The Hall–Kier alpha value is -2.14. The minimum atomic E-state index is 0.172. The number of nitrogens with zero attached hydrogens (tertiary/aromatic N) is 2. The summed E-state index contributed by atoms with van der Waals surface area (Å²) in [5.41, 5.74) is 3.20. The van der Waals surface area contributed by atoms with E-state index >= 15 is 0 Å². The first-order valence-corrected chi connectivity index (χ1v) is 8.77. The van der Waals surface area contributed by atoms with Crippen LogP contribution in [0, 0.1) is 5.92 Å². The van der Waals surface area contributed by atoms with Crippen LogP contribution in [0.1, 0.15) is 25.0 Å². The zero-order chi connectivity index (χ0) is 16.8. The van der Waals surface area contributed by atoms with Crippen molar-refractivity contribution >= 4 is 5.91 Å². The Balaban J connectivity index is 1.38. The molecule has 0 unspecified atom stereocenters. The van der Waals surface area contributed by atoms with Crippen LogP contribution >= 0.6 is 0 Å². The number of aryl methyl sites for hydroxylation is 1. The predicted molar refractivity (Wildman–Crippen MR) is 95.6 cm³/mol. The van der Waals surface area contributed by atoms with Crippen molar-refractivity contribution in [3.63, 3.8) is 0 Å². The summed E-state index contributed by atoms with van der Waals surface area (Å²) in [7, 11) is 1.88. The van der Waals surface area contributed by atoms with Crippen molar-refractivity contribution in [3.8, 4) is 11.3 Å². The van der Waals surface area contributed by atoms with Crippen molar-refractivity contribution < 1.29 is 4.79 Å². The van der Waals surface area contributed by atoms with E-state index in [4.69, 9.17) is 0 Å². The molecule has 0 bridgehead atoms. The molecule has 0 radical (unpaired) electrons. The van der Waals surface area contributed by atoms with Crippen molar-refractivity contribution in [2.45, 2.75) is 25.7 Å². The van der Waals surface area contributed by atoms with Gasteiger partial charge in [0, 0.05) is 24.8 Å². The second kappa shape index (κ2) is 8.11. The number of aromatic amines is 1. The number of aromatic nitrogens is 2. The third-order valence-corrected chi connectivity index (χ3v) is 4.47. The molecule has 3 rings (SSSR count). The molecule has 0 spiro atoms. The summed E-state index contributed by atoms with van der Waals surface area (Å²) < 4.78 is 0. The fourth-order valence-corrected chi connectivity index (χ4v) is 2.72. The van der Waals surface area contributed by atoms with Gasteiger partial charge in [-0.25, -0.2) is 0 Å². The SMILES string of the molecule is CN(CCCc1cc(-c2ccccc2)n[nH]1)C(=O)CNCC1CC1. The van der Waals surface area contributed by atoms with Gasteiger partial charge in [-0.2, -0.15) is 5.10 Å². The van der Waals surface area contributed by atoms with Crippen LogP contribution < -0.4 is 5.32 Å². The number of H-pyrrole nitrogens is 1. The molecule has 2 N–H and O–H groups in total. The summed E-state index contributed by atoms with van der Waals surface area (Å²) in [5.74, 6) is 0.979. The number of carbonyl (C=O) groups excluding carboxylic acids is 1. The van der Waals surface area contributed by atoms with E-state index in [-0.39, 0.29) is 5.91 Å². The maximum Gasteiger partial charge on any atom is 0.236 e. The zero-order valence-corrected chi connectivity index (χ0v) is 14.3. The first kappa shape index (κ1) is 16.7. The molecule has 1 saturated carbocycles. The van der Waals surface area contributed by atoms with Gasteiger partial charge in [0.25, 0.3) is 0 Å². The lowest BCUT2D eigenvalue weighted by atomic mass is 10.1. The molecule has 1 aliphatic rings. The van der Waals surface area contributed by atoms with E-state index in [2.05, 4.69) is 33.7 Å². The minimum Gasteiger partial charge on any atom is -0.345 e. The maximum atomic E-state index is 12.0. The molecule has 0 aliphatic heterocycles. The summed E-state index contributed by atoms with van der Waals surface area (Å²) in [6, 6.07) is 12.2. The van der Waals surface area contributed by atoms with Crippen LogP contribution in [-0.4, -0.2) is 47.7 Å².